The number of rotatable bonds is 7. The highest BCUT2D eigenvalue weighted by Crippen LogP contribution is 2.29. The molecule has 1 unspecified atom stereocenters. The molecule has 1 atom stereocenters. The third-order valence-corrected chi connectivity index (χ3v) is 6.15. The lowest BCUT2D eigenvalue weighted by molar-refractivity contribution is -0.119. The number of benzene rings is 3. The third kappa shape index (κ3) is 5.32. The summed E-state index contributed by atoms with van der Waals surface area (Å²) in [6.07, 6.45) is 0. The smallest absolute Gasteiger partial charge is 0.230 e. The van der Waals surface area contributed by atoms with E-state index >= 15 is 0 Å². The second-order valence-corrected chi connectivity index (χ2v) is 8.26. The lowest BCUT2D eigenvalue weighted by atomic mass is 9.95. The second kappa shape index (κ2) is 10.0. The van der Waals surface area contributed by atoms with Crippen LogP contribution in [-0.2, 0) is 10.5 Å². The maximum Gasteiger partial charge on any atom is 0.230 e. The number of aryl methyl sites for hydroxylation is 1. The lowest BCUT2D eigenvalue weighted by Gasteiger charge is -2.21. The second-order valence-electron chi connectivity index (χ2n) is 6.46. The van der Waals surface area contributed by atoms with Crippen molar-refractivity contribution < 1.29 is 4.79 Å². The molecular formula is C23H21Cl2NOS. The monoisotopic (exact) mass is 429 g/mol. The van der Waals surface area contributed by atoms with Gasteiger partial charge in [0.05, 0.1) is 11.8 Å². The van der Waals surface area contributed by atoms with Gasteiger partial charge < -0.3 is 5.32 Å². The molecule has 0 heterocycles. The fraction of sp³-hybridized carbons (Fsp3) is 0.174. The minimum Gasteiger partial charge on any atom is -0.344 e. The first kappa shape index (κ1) is 20.8. The predicted octanol–water partition coefficient (Wildman–Crippen LogP) is 6.44. The molecule has 3 aromatic rings. The van der Waals surface area contributed by atoms with Gasteiger partial charge in [-0.3, -0.25) is 4.79 Å². The summed E-state index contributed by atoms with van der Waals surface area (Å²) in [5.41, 5.74) is 4.17. The fourth-order valence-electron chi connectivity index (χ4n) is 3.02. The van der Waals surface area contributed by atoms with E-state index in [1.165, 1.54) is 11.8 Å². The van der Waals surface area contributed by atoms with E-state index in [0.29, 0.717) is 21.6 Å². The molecule has 1 amide bonds. The first-order valence-corrected chi connectivity index (χ1v) is 10.9. The molecule has 0 aliphatic rings. The molecule has 0 aliphatic heterocycles. The molecular weight excluding hydrogens is 409 g/mol. The Morgan fingerprint density at radius 2 is 1.57 bits per heavy atom. The number of hydrogen-bond donors (Lipinski definition) is 1. The number of thioether (sulfide) groups is 1. The molecule has 0 saturated carbocycles. The molecule has 5 heteroatoms. The first-order valence-electron chi connectivity index (χ1n) is 8.96. The largest absolute Gasteiger partial charge is 0.344 e. The van der Waals surface area contributed by atoms with Crippen molar-refractivity contribution >= 4 is 40.9 Å². The van der Waals surface area contributed by atoms with Crippen molar-refractivity contribution in [3.63, 3.8) is 0 Å². The van der Waals surface area contributed by atoms with E-state index < -0.39 is 0 Å². The molecule has 0 spiro atoms. The van der Waals surface area contributed by atoms with Crippen LogP contribution in [0.4, 0.5) is 0 Å². The van der Waals surface area contributed by atoms with Gasteiger partial charge in [0.15, 0.2) is 0 Å². The van der Waals surface area contributed by atoms with E-state index in [1.807, 2.05) is 60.7 Å². The van der Waals surface area contributed by atoms with Gasteiger partial charge >= 0.3 is 0 Å². The number of hydrogen-bond acceptors (Lipinski definition) is 2. The van der Waals surface area contributed by atoms with Gasteiger partial charge in [0.2, 0.25) is 5.91 Å². The van der Waals surface area contributed by atoms with Crippen LogP contribution < -0.4 is 5.32 Å². The zero-order valence-electron chi connectivity index (χ0n) is 15.5. The van der Waals surface area contributed by atoms with Crippen LogP contribution >= 0.6 is 35.0 Å². The van der Waals surface area contributed by atoms with Crippen molar-refractivity contribution in [2.24, 2.45) is 0 Å². The van der Waals surface area contributed by atoms with E-state index in [1.54, 1.807) is 0 Å². The van der Waals surface area contributed by atoms with Crippen LogP contribution in [0.1, 0.15) is 28.3 Å². The molecule has 0 bridgehead atoms. The van der Waals surface area contributed by atoms with Crippen LogP contribution in [0.5, 0.6) is 0 Å². The molecule has 1 N–H and O–H groups in total. The van der Waals surface area contributed by atoms with E-state index in [4.69, 9.17) is 23.2 Å². The molecule has 28 heavy (non-hydrogen) atoms. The Morgan fingerprint density at radius 1 is 0.929 bits per heavy atom. The summed E-state index contributed by atoms with van der Waals surface area (Å²) >= 11 is 13.9. The van der Waals surface area contributed by atoms with Crippen molar-refractivity contribution in [2.75, 3.05) is 5.75 Å². The van der Waals surface area contributed by atoms with Gasteiger partial charge in [-0.05, 0) is 41.3 Å². The van der Waals surface area contributed by atoms with E-state index in [0.717, 1.165) is 22.3 Å². The highest BCUT2D eigenvalue weighted by atomic mass is 35.5. The van der Waals surface area contributed by atoms with Gasteiger partial charge in [-0.2, -0.15) is 0 Å². The zero-order chi connectivity index (χ0) is 19.9. The molecule has 0 aliphatic carbocycles. The zero-order valence-corrected chi connectivity index (χ0v) is 17.8. The number of halogens is 2. The molecule has 0 radical (unpaired) electrons. The minimum absolute atomic E-state index is 0.0229. The Bertz CT molecular complexity index is 926. The number of amides is 1. The number of nitrogens with one attached hydrogen (secondary N) is 1. The summed E-state index contributed by atoms with van der Waals surface area (Å²) in [6.45, 7) is 2.06. The maximum absolute atomic E-state index is 12.7. The molecule has 0 fully saturated rings. The van der Waals surface area contributed by atoms with Gasteiger partial charge in [0, 0.05) is 15.8 Å². The summed E-state index contributed by atoms with van der Waals surface area (Å²) < 4.78 is 0. The minimum atomic E-state index is -0.181. The summed E-state index contributed by atoms with van der Waals surface area (Å²) in [7, 11) is 0. The lowest BCUT2D eigenvalue weighted by Crippen LogP contribution is -2.31. The molecule has 0 aromatic heterocycles. The van der Waals surface area contributed by atoms with E-state index in [-0.39, 0.29) is 11.9 Å². The normalized spacial score (nSPS) is 11.8. The van der Waals surface area contributed by atoms with Crippen LogP contribution in [0, 0.1) is 6.92 Å². The van der Waals surface area contributed by atoms with Crippen LogP contribution in [-0.4, -0.2) is 11.7 Å². The SMILES string of the molecule is Cc1ccccc1C(NC(=O)CSCc1c(Cl)cccc1Cl)c1ccccc1. The van der Waals surface area contributed by atoms with Gasteiger partial charge in [-0.1, -0.05) is 83.9 Å². The van der Waals surface area contributed by atoms with E-state index in [2.05, 4.69) is 24.4 Å². The predicted molar refractivity (Wildman–Crippen MR) is 120 cm³/mol. The van der Waals surface area contributed by atoms with Crippen molar-refractivity contribution in [3.05, 3.63) is 105 Å². The highest BCUT2D eigenvalue weighted by molar-refractivity contribution is 7.99. The van der Waals surface area contributed by atoms with Gasteiger partial charge in [-0.25, -0.2) is 0 Å². The average molecular weight is 430 g/mol. The Labute approximate surface area is 180 Å². The molecule has 3 aromatic carbocycles. The van der Waals surface area contributed by atoms with Crippen molar-refractivity contribution in [2.45, 2.75) is 18.7 Å². The molecule has 2 nitrogen and oxygen atoms in total. The van der Waals surface area contributed by atoms with Gasteiger partial charge in [0.1, 0.15) is 0 Å². The van der Waals surface area contributed by atoms with Crippen LogP contribution in [0.15, 0.2) is 72.8 Å². The van der Waals surface area contributed by atoms with Gasteiger partial charge in [-0.15, -0.1) is 11.8 Å². The summed E-state index contributed by atoms with van der Waals surface area (Å²) in [5.74, 6) is 0.897. The molecule has 144 valence electrons. The average Bonchev–Trinajstić information content (AvgIpc) is 2.70. The van der Waals surface area contributed by atoms with E-state index in [9.17, 15) is 4.79 Å². The quantitative estimate of drug-likeness (QED) is 0.467. The third-order valence-electron chi connectivity index (χ3n) is 4.48. The van der Waals surface area contributed by atoms with Crippen molar-refractivity contribution in [1.82, 2.24) is 5.32 Å². The Kier molecular flexibility index (Phi) is 7.43. The Morgan fingerprint density at radius 3 is 2.25 bits per heavy atom. The summed E-state index contributed by atoms with van der Waals surface area (Å²) in [5, 5.41) is 4.43. The summed E-state index contributed by atoms with van der Waals surface area (Å²) in [6, 6.07) is 23.4. The first-order chi connectivity index (χ1) is 13.6. The number of carbonyl (C=O) groups excluding carboxylic acids is 1. The van der Waals surface area contributed by atoms with Gasteiger partial charge in [0.25, 0.3) is 0 Å². The summed E-state index contributed by atoms with van der Waals surface area (Å²) in [4.78, 5) is 12.7. The molecule has 3 rings (SSSR count). The number of carbonyl (C=O) groups is 1. The van der Waals surface area contributed by atoms with Crippen molar-refractivity contribution in [1.29, 1.82) is 0 Å². The standard InChI is InChI=1S/C23H21Cl2NOS/c1-16-8-5-6-11-18(16)23(17-9-3-2-4-10-17)26-22(27)15-28-14-19-20(24)12-7-13-21(19)25/h2-13,23H,14-15H2,1H3,(H,26,27). The topological polar surface area (TPSA) is 29.1 Å². The maximum atomic E-state index is 12.7. The van der Waals surface area contributed by atoms with Crippen LogP contribution in [0.3, 0.4) is 0 Å². The fourth-order valence-corrected chi connectivity index (χ4v) is 4.59. The van der Waals surface area contributed by atoms with Crippen LogP contribution in [0.25, 0.3) is 0 Å². The highest BCUT2D eigenvalue weighted by Gasteiger charge is 2.18. The van der Waals surface area contributed by atoms with Crippen LogP contribution in [0.2, 0.25) is 10.0 Å². The molecule has 0 saturated heterocycles. The Hall–Kier alpha value is -1.94. The Balaban J connectivity index is 1.69. The van der Waals surface area contributed by atoms with Crippen molar-refractivity contribution in [3.8, 4) is 0 Å².